The van der Waals surface area contributed by atoms with E-state index < -0.39 is 5.91 Å². The molecule has 0 bridgehead atoms. The summed E-state index contributed by atoms with van der Waals surface area (Å²) < 4.78 is 0. The number of nitrogens with zero attached hydrogens (tertiary/aromatic N) is 1. The smallest absolute Gasteiger partial charge is 0.267 e. The number of aryl methyl sites for hydroxylation is 2. The number of benzene rings is 2. The molecule has 2 rings (SSSR count). The summed E-state index contributed by atoms with van der Waals surface area (Å²) in [4.78, 5) is 12.2. The number of phenolic OH excluding ortho intramolecular Hbond substituents is 1. The van der Waals surface area contributed by atoms with Gasteiger partial charge in [0.25, 0.3) is 5.91 Å². The van der Waals surface area contributed by atoms with Crippen LogP contribution in [-0.4, -0.2) is 11.0 Å². The Labute approximate surface area is 134 Å². The molecule has 0 aromatic heterocycles. The molecule has 0 spiro atoms. The Hall–Kier alpha value is -3.26. The summed E-state index contributed by atoms with van der Waals surface area (Å²) in [5, 5.41) is 24.4. The number of hydrogen-bond acceptors (Lipinski definition) is 4. The Kier molecular flexibility index (Phi) is 5.00. The minimum Gasteiger partial charge on any atom is -0.506 e. The SMILES string of the molecule is Cc1ccc(O)c(N/C=C(/C#N)C(=O)Nc2ccccc2C)c1. The molecule has 5 nitrogen and oxygen atoms in total. The molecule has 0 heterocycles. The molecule has 116 valence electrons. The highest BCUT2D eigenvalue weighted by atomic mass is 16.3. The first-order valence-electron chi connectivity index (χ1n) is 7.04. The van der Waals surface area contributed by atoms with Crippen molar-refractivity contribution in [3.63, 3.8) is 0 Å². The molecular weight excluding hydrogens is 290 g/mol. The van der Waals surface area contributed by atoms with E-state index >= 15 is 0 Å². The lowest BCUT2D eigenvalue weighted by molar-refractivity contribution is -0.112. The van der Waals surface area contributed by atoms with Gasteiger partial charge in [-0.1, -0.05) is 24.3 Å². The second kappa shape index (κ2) is 7.14. The number of hydrogen-bond donors (Lipinski definition) is 3. The van der Waals surface area contributed by atoms with Crippen LogP contribution in [0.5, 0.6) is 5.75 Å². The second-order valence-electron chi connectivity index (χ2n) is 5.10. The fourth-order valence-electron chi connectivity index (χ4n) is 1.97. The summed E-state index contributed by atoms with van der Waals surface area (Å²) in [7, 11) is 0. The molecule has 5 heteroatoms. The molecule has 1 amide bonds. The predicted molar refractivity (Wildman–Crippen MR) is 90.0 cm³/mol. The number of aromatic hydroxyl groups is 1. The van der Waals surface area contributed by atoms with Gasteiger partial charge in [0.2, 0.25) is 0 Å². The summed E-state index contributed by atoms with van der Waals surface area (Å²) in [5.41, 5.74) is 2.84. The molecule has 0 saturated heterocycles. The quantitative estimate of drug-likeness (QED) is 0.459. The van der Waals surface area contributed by atoms with Crippen molar-refractivity contribution in [3.8, 4) is 11.8 Å². The average molecular weight is 307 g/mol. The molecular formula is C18H17N3O2. The summed E-state index contributed by atoms with van der Waals surface area (Å²) in [6, 6.07) is 14.2. The number of anilines is 2. The average Bonchev–Trinajstić information content (AvgIpc) is 2.53. The van der Waals surface area contributed by atoms with Gasteiger partial charge in [0.1, 0.15) is 17.4 Å². The largest absolute Gasteiger partial charge is 0.506 e. The first-order chi connectivity index (χ1) is 11.0. The number of nitriles is 1. The van der Waals surface area contributed by atoms with Gasteiger partial charge >= 0.3 is 0 Å². The van der Waals surface area contributed by atoms with Crippen LogP contribution in [-0.2, 0) is 4.79 Å². The third-order valence-corrected chi connectivity index (χ3v) is 3.28. The van der Waals surface area contributed by atoms with Gasteiger partial charge in [0, 0.05) is 11.9 Å². The van der Waals surface area contributed by atoms with E-state index in [-0.39, 0.29) is 11.3 Å². The Morgan fingerprint density at radius 1 is 1.17 bits per heavy atom. The fourth-order valence-corrected chi connectivity index (χ4v) is 1.97. The molecule has 3 N–H and O–H groups in total. The lowest BCUT2D eigenvalue weighted by atomic mass is 10.2. The van der Waals surface area contributed by atoms with Crippen molar-refractivity contribution in [2.45, 2.75) is 13.8 Å². The number of para-hydroxylation sites is 1. The minimum atomic E-state index is -0.513. The topological polar surface area (TPSA) is 85.2 Å². The first-order valence-corrected chi connectivity index (χ1v) is 7.04. The van der Waals surface area contributed by atoms with E-state index in [1.807, 2.05) is 32.0 Å². The molecule has 0 aliphatic carbocycles. The van der Waals surface area contributed by atoms with Crippen molar-refractivity contribution >= 4 is 17.3 Å². The Balaban J connectivity index is 2.16. The van der Waals surface area contributed by atoms with Gasteiger partial charge in [-0.15, -0.1) is 0 Å². The maximum atomic E-state index is 12.2. The molecule has 0 aliphatic heterocycles. The van der Waals surface area contributed by atoms with Crippen molar-refractivity contribution in [1.29, 1.82) is 5.26 Å². The third-order valence-electron chi connectivity index (χ3n) is 3.28. The molecule has 0 fully saturated rings. The highest BCUT2D eigenvalue weighted by Gasteiger charge is 2.10. The third kappa shape index (κ3) is 4.11. The van der Waals surface area contributed by atoms with Crippen molar-refractivity contribution in [2.75, 3.05) is 10.6 Å². The molecule has 0 radical (unpaired) electrons. The van der Waals surface area contributed by atoms with E-state index in [1.54, 1.807) is 30.3 Å². The summed E-state index contributed by atoms with van der Waals surface area (Å²) in [6.45, 7) is 3.75. The van der Waals surface area contributed by atoms with Crippen LogP contribution in [0.15, 0.2) is 54.2 Å². The number of amides is 1. The zero-order valence-electron chi connectivity index (χ0n) is 12.9. The molecule has 0 atom stereocenters. The minimum absolute atomic E-state index is 0.0449. The summed E-state index contributed by atoms with van der Waals surface area (Å²) >= 11 is 0. The zero-order valence-corrected chi connectivity index (χ0v) is 12.9. The number of nitrogens with one attached hydrogen (secondary N) is 2. The van der Waals surface area contributed by atoms with E-state index in [0.29, 0.717) is 11.4 Å². The molecule has 0 saturated carbocycles. The monoisotopic (exact) mass is 307 g/mol. The van der Waals surface area contributed by atoms with E-state index in [1.165, 1.54) is 6.20 Å². The van der Waals surface area contributed by atoms with Crippen molar-refractivity contribution in [1.82, 2.24) is 0 Å². The molecule has 2 aromatic rings. The van der Waals surface area contributed by atoms with Crippen molar-refractivity contribution in [3.05, 3.63) is 65.4 Å². The van der Waals surface area contributed by atoms with Crippen LogP contribution in [0.25, 0.3) is 0 Å². The lowest BCUT2D eigenvalue weighted by Crippen LogP contribution is -2.15. The molecule has 0 aliphatic rings. The predicted octanol–water partition coefficient (Wildman–Crippen LogP) is 3.47. The number of carbonyl (C=O) groups is 1. The van der Waals surface area contributed by atoms with Gasteiger partial charge in [-0.25, -0.2) is 0 Å². The van der Waals surface area contributed by atoms with Gasteiger partial charge in [0.15, 0.2) is 0 Å². The van der Waals surface area contributed by atoms with E-state index in [0.717, 1.165) is 11.1 Å². The van der Waals surface area contributed by atoms with E-state index in [9.17, 15) is 9.90 Å². The molecule has 0 unspecified atom stereocenters. The Morgan fingerprint density at radius 2 is 1.91 bits per heavy atom. The highest BCUT2D eigenvalue weighted by molar-refractivity contribution is 6.07. The first kappa shape index (κ1) is 16.1. The second-order valence-corrected chi connectivity index (χ2v) is 5.10. The van der Waals surface area contributed by atoms with Crippen LogP contribution >= 0.6 is 0 Å². The van der Waals surface area contributed by atoms with Crippen LogP contribution in [0.1, 0.15) is 11.1 Å². The fraction of sp³-hybridized carbons (Fsp3) is 0.111. The van der Waals surface area contributed by atoms with Gasteiger partial charge in [-0.05, 0) is 43.2 Å². The normalized spacial score (nSPS) is 10.7. The van der Waals surface area contributed by atoms with Crippen LogP contribution in [0.3, 0.4) is 0 Å². The standard InChI is InChI=1S/C18H17N3O2/c1-12-7-8-17(22)16(9-12)20-11-14(10-19)18(23)21-15-6-4-3-5-13(15)2/h3-9,11,20,22H,1-2H3,(H,21,23)/b14-11-. The maximum absolute atomic E-state index is 12.2. The van der Waals surface area contributed by atoms with Gasteiger partial charge < -0.3 is 15.7 Å². The molecule has 23 heavy (non-hydrogen) atoms. The van der Waals surface area contributed by atoms with E-state index in [2.05, 4.69) is 10.6 Å². The van der Waals surface area contributed by atoms with Crippen LogP contribution in [0, 0.1) is 25.2 Å². The summed E-state index contributed by atoms with van der Waals surface area (Å²) in [5.74, 6) is -0.468. The van der Waals surface area contributed by atoms with Crippen LogP contribution in [0.4, 0.5) is 11.4 Å². The number of rotatable bonds is 4. The Bertz CT molecular complexity index is 804. The van der Waals surface area contributed by atoms with Crippen LogP contribution in [0.2, 0.25) is 0 Å². The van der Waals surface area contributed by atoms with Gasteiger partial charge in [0.05, 0.1) is 5.69 Å². The van der Waals surface area contributed by atoms with Crippen LogP contribution < -0.4 is 10.6 Å². The highest BCUT2D eigenvalue weighted by Crippen LogP contribution is 2.24. The van der Waals surface area contributed by atoms with Gasteiger partial charge in [-0.3, -0.25) is 4.79 Å². The van der Waals surface area contributed by atoms with E-state index in [4.69, 9.17) is 5.26 Å². The maximum Gasteiger partial charge on any atom is 0.267 e. The van der Waals surface area contributed by atoms with Crippen molar-refractivity contribution in [2.24, 2.45) is 0 Å². The Morgan fingerprint density at radius 3 is 2.61 bits per heavy atom. The van der Waals surface area contributed by atoms with Gasteiger partial charge in [-0.2, -0.15) is 5.26 Å². The number of carbonyl (C=O) groups excluding carboxylic acids is 1. The van der Waals surface area contributed by atoms with Crippen molar-refractivity contribution < 1.29 is 9.90 Å². The zero-order chi connectivity index (χ0) is 16.8. The lowest BCUT2D eigenvalue weighted by Gasteiger charge is -2.08. The summed E-state index contributed by atoms with van der Waals surface area (Å²) in [6.07, 6.45) is 1.28. The number of phenols is 1. The molecule has 2 aromatic carbocycles.